The van der Waals surface area contributed by atoms with E-state index in [2.05, 4.69) is 15.4 Å². The Kier molecular flexibility index (Phi) is 7.97. The number of alkyl halides is 3. The second kappa shape index (κ2) is 11.4. The molecule has 4 heterocycles. The number of aromatic nitrogens is 3. The molecule has 2 aliphatic rings. The number of nitrogens with zero attached hydrogens (tertiary/aromatic N) is 4. The molecule has 2 aromatic heterocycles. The van der Waals surface area contributed by atoms with Gasteiger partial charge in [0.15, 0.2) is 11.3 Å². The highest BCUT2D eigenvalue weighted by molar-refractivity contribution is 5.97. The first-order chi connectivity index (χ1) is 19.2. The molecule has 12 heteroatoms. The monoisotopic (exact) mass is 559 g/mol. The molecule has 1 aromatic carbocycles. The molecule has 214 valence electrons. The van der Waals surface area contributed by atoms with Crippen LogP contribution < -0.4 is 10.1 Å². The zero-order valence-corrected chi connectivity index (χ0v) is 22.3. The molecule has 9 nitrogen and oxygen atoms in total. The number of carbonyl (C=O) groups is 2. The van der Waals surface area contributed by atoms with Crippen LogP contribution in [0.15, 0.2) is 36.4 Å². The van der Waals surface area contributed by atoms with Gasteiger partial charge in [0.25, 0.3) is 11.8 Å². The zero-order chi connectivity index (χ0) is 28.3. The second-order valence-electron chi connectivity index (χ2n) is 10.5. The number of fused-ring (bicyclic) bond motifs is 2. The van der Waals surface area contributed by atoms with Crippen LogP contribution in [0.3, 0.4) is 0 Å². The van der Waals surface area contributed by atoms with Crippen LogP contribution in [0.25, 0.3) is 5.65 Å². The summed E-state index contributed by atoms with van der Waals surface area (Å²) in [5, 5.41) is 6.84. The van der Waals surface area contributed by atoms with Crippen LogP contribution in [0.2, 0.25) is 0 Å². The summed E-state index contributed by atoms with van der Waals surface area (Å²) in [7, 11) is 0. The third-order valence-electron chi connectivity index (χ3n) is 7.62. The van der Waals surface area contributed by atoms with Gasteiger partial charge in [0, 0.05) is 43.4 Å². The quantitative estimate of drug-likeness (QED) is 0.478. The van der Waals surface area contributed by atoms with E-state index in [1.807, 2.05) is 6.07 Å². The Morgan fingerprint density at radius 2 is 1.85 bits per heavy atom. The number of carbonyl (C=O) groups excluding carboxylic acids is 2. The Labute approximate surface area is 229 Å². The molecule has 2 aliphatic heterocycles. The van der Waals surface area contributed by atoms with Crippen molar-refractivity contribution in [3.8, 4) is 5.75 Å². The highest BCUT2D eigenvalue weighted by Crippen LogP contribution is 2.38. The normalized spacial score (nSPS) is 19.0. The summed E-state index contributed by atoms with van der Waals surface area (Å²) < 4.78 is 53.3. The molecule has 0 aliphatic carbocycles. The third kappa shape index (κ3) is 6.06. The Morgan fingerprint density at radius 3 is 2.62 bits per heavy atom. The van der Waals surface area contributed by atoms with E-state index in [1.54, 1.807) is 23.1 Å². The van der Waals surface area contributed by atoms with Crippen LogP contribution in [0.4, 0.5) is 13.2 Å². The molecule has 0 atom stereocenters. The van der Waals surface area contributed by atoms with Crippen molar-refractivity contribution in [3.05, 3.63) is 59.0 Å². The number of amides is 2. The first-order valence-electron chi connectivity index (χ1n) is 13.5. The predicted octanol–water partition coefficient (Wildman–Crippen LogP) is 4.29. The van der Waals surface area contributed by atoms with E-state index in [1.165, 1.54) is 13.0 Å². The number of piperidine rings is 1. The van der Waals surface area contributed by atoms with E-state index in [-0.39, 0.29) is 28.4 Å². The number of nitrogens with one attached hydrogen (secondary N) is 1. The van der Waals surface area contributed by atoms with Gasteiger partial charge in [-0.3, -0.25) is 9.59 Å². The molecule has 5 rings (SSSR count). The van der Waals surface area contributed by atoms with Crippen molar-refractivity contribution < 1.29 is 32.2 Å². The van der Waals surface area contributed by atoms with Crippen molar-refractivity contribution in [3.63, 3.8) is 0 Å². The average molecular weight is 560 g/mol. The molecule has 1 saturated heterocycles. The summed E-state index contributed by atoms with van der Waals surface area (Å²) in [5.41, 5.74) is -0.645. The molecule has 3 aromatic rings. The number of hydrogen-bond donors (Lipinski definition) is 1. The minimum absolute atomic E-state index is 0.0199. The Morgan fingerprint density at radius 1 is 1.07 bits per heavy atom. The van der Waals surface area contributed by atoms with Gasteiger partial charge in [-0.05, 0) is 50.8 Å². The number of likely N-dealkylation sites (tertiary alicyclic amines) is 1. The third-order valence-corrected chi connectivity index (χ3v) is 7.62. The first kappa shape index (κ1) is 27.9. The molecule has 0 saturated carbocycles. The van der Waals surface area contributed by atoms with Crippen molar-refractivity contribution in [2.45, 2.75) is 45.2 Å². The summed E-state index contributed by atoms with van der Waals surface area (Å²) in [4.78, 5) is 31.8. The highest BCUT2D eigenvalue weighted by Gasteiger charge is 2.38. The molecular weight excluding hydrogens is 527 g/mol. The van der Waals surface area contributed by atoms with Crippen molar-refractivity contribution in [2.24, 2.45) is 5.41 Å². The topological polar surface area (TPSA) is 98.1 Å². The van der Waals surface area contributed by atoms with E-state index in [0.717, 1.165) is 25.3 Å². The maximum absolute atomic E-state index is 13.6. The SMILES string of the molecule is Cc1cc(C(F)(F)F)n2nc(C(=O)N3CCC4(CCCCOCCNC(=O)c5ccccc5OC4)CC3)cc2n1. The molecule has 0 bridgehead atoms. The van der Waals surface area contributed by atoms with E-state index >= 15 is 0 Å². The molecule has 40 heavy (non-hydrogen) atoms. The molecule has 1 N–H and O–H groups in total. The number of halogens is 3. The van der Waals surface area contributed by atoms with E-state index < -0.39 is 17.8 Å². The lowest BCUT2D eigenvalue weighted by atomic mass is 9.75. The predicted molar refractivity (Wildman–Crippen MR) is 139 cm³/mol. The maximum Gasteiger partial charge on any atom is 0.433 e. The van der Waals surface area contributed by atoms with Crippen molar-refractivity contribution in [2.75, 3.05) is 39.5 Å². The minimum atomic E-state index is -4.63. The van der Waals surface area contributed by atoms with Gasteiger partial charge in [-0.1, -0.05) is 18.6 Å². The molecule has 0 unspecified atom stereocenters. The minimum Gasteiger partial charge on any atom is -0.492 e. The first-order valence-corrected chi connectivity index (χ1v) is 13.5. The standard InChI is InChI=1S/C28H32F3N5O4/c1-19-16-23(28(29,30)31)36-24(33-19)17-21(34-36)26(38)35-12-9-27(10-13-35)8-4-5-14-39-15-11-32-25(37)20-6-2-3-7-22(20)40-18-27/h2-3,6-7,16-17H,4-5,8-15,18H2,1H3,(H,32,37). The Bertz CT molecular complexity index is 1380. The van der Waals surface area contributed by atoms with Crippen LogP contribution in [-0.2, 0) is 10.9 Å². The largest absolute Gasteiger partial charge is 0.492 e. The summed E-state index contributed by atoms with van der Waals surface area (Å²) in [6.45, 7) is 4.11. The van der Waals surface area contributed by atoms with E-state index in [9.17, 15) is 22.8 Å². The molecule has 2 amide bonds. The lowest BCUT2D eigenvalue weighted by molar-refractivity contribution is -0.142. The fraction of sp³-hybridized carbons (Fsp3) is 0.500. The fourth-order valence-electron chi connectivity index (χ4n) is 5.37. The Balaban J connectivity index is 1.32. The Hall–Kier alpha value is -3.67. The van der Waals surface area contributed by atoms with Gasteiger partial charge in [0.1, 0.15) is 11.4 Å². The van der Waals surface area contributed by atoms with Crippen LogP contribution >= 0.6 is 0 Å². The maximum atomic E-state index is 13.6. The van der Waals surface area contributed by atoms with Gasteiger partial charge in [-0.25, -0.2) is 9.50 Å². The van der Waals surface area contributed by atoms with Gasteiger partial charge in [-0.2, -0.15) is 18.3 Å². The summed E-state index contributed by atoms with van der Waals surface area (Å²) in [5.74, 6) is -0.149. The van der Waals surface area contributed by atoms with Gasteiger partial charge < -0.3 is 19.7 Å². The van der Waals surface area contributed by atoms with Crippen molar-refractivity contribution >= 4 is 17.5 Å². The summed E-state index contributed by atoms with van der Waals surface area (Å²) in [6, 6.07) is 9.33. The number of ether oxygens (including phenoxy) is 2. The molecule has 1 spiro atoms. The second-order valence-corrected chi connectivity index (χ2v) is 10.5. The molecular formula is C28H32F3N5O4. The van der Waals surface area contributed by atoms with Crippen molar-refractivity contribution in [1.82, 2.24) is 24.8 Å². The molecule has 1 fully saturated rings. The number of hydrogen-bond acceptors (Lipinski definition) is 6. The summed E-state index contributed by atoms with van der Waals surface area (Å²) >= 11 is 0. The smallest absolute Gasteiger partial charge is 0.433 e. The number of benzene rings is 1. The lowest BCUT2D eigenvalue weighted by Crippen LogP contribution is -2.45. The van der Waals surface area contributed by atoms with Crippen LogP contribution in [0.5, 0.6) is 5.75 Å². The van der Waals surface area contributed by atoms with Gasteiger partial charge in [-0.15, -0.1) is 0 Å². The van der Waals surface area contributed by atoms with E-state index in [0.29, 0.717) is 68.1 Å². The summed E-state index contributed by atoms with van der Waals surface area (Å²) in [6.07, 6.45) is -0.697. The lowest BCUT2D eigenvalue weighted by Gasteiger charge is -2.41. The fourth-order valence-corrected chi connectivity index (χ4v) is 5.37. The highest BCUT2D eigenvalue weighted by atomic mass is 19.4. The van der Waals surface area contributed by atoms with Gasteiger partial charge in [0.05, 0.1) is 18.8 Å². The van der Waals surface area contributed by atoms with Crippen molar-refractivity contribution in [1.29, 1.82) is 0 Å². The van der Waals surface area contributed by atoms with E-state index in [4.69, 9.17) is 9.47 Å². The average Bonchev–Trinajstić information content (AvgIpc) is 3.36. The van der Waals surface area contributed by atoms with Crippen LogP contribution in [0.1, 0.15) is 64.3 Å². The number of rotatable bonds is 1. The zero-order valence-electron chi connectivity index (χ0n) is 22.3. The van der Waals surface area contributed by atoms with Crippen LogP contribution in [0, 0.1) is 12.3 Å². The van der Waals surface area contributed by atoms with Gasteiger partial charge >= 0.3 is 6.18 Å². The van der Waals surface area contributed by atoms with Gasteiger partial charge in [0.2, 0.25) is 0 Å². The van der Waals surface area contributed by atoms with Crippen LogP contribution in [-0.4, -0.2) is 70.8 Å². The number of para-hydroxylation sites is 1. The molecule has 0 radical (unpaired) electrons. The number of aryl methyl sites for hydroxylation is 1.